The van der Waals surface area contributed by atoms with Crippen LogP contribution in [0.5, 0.6) is 5.75 Å². The van der Waals surface area contributed by atoms with E-state index in [2.05, 4.69) is 33.5 Å². The number of hydrogen-bond acceptors (Lipinski definition) is 2. The average molecular weight is 317 g/mol. The molecular weight excluding hydrogens is 304 g/mol. The van der Waals surface area contributed by atoms with Gasteiger partial charge >= 0.3 is 0 Å². The maximum atomic E-state index is 9.37. The molecule has 0 saturated heterocycles. The van der Waals surface area contributed by atoms with Gasteiger partial charge < -0.3 is 9.67 Å². The highest BCUT2D eigenvalue weighted by Crippen LogP contribution is 2.27. The first-order valence-corrected chi connectivity index (χ1v) is 6.93. The number of aromatic nitrogens is 2. The Hall–Kier alpha value is -1.81. The second-order valence-electron chi connectivity index (χ2n) is 4.36. The topological polar surface area (TPSA) is 38.0 Å². The van der Waals surface area contributed by atoms with Gasteiger partial charge in [-0.25, -0.2) is 4.98 Å². The van der Waals surface area contributed by atoms with Crippen molar-refractivity contribution in [2.24, 2.45) is 0 Å². The molecule has 0 unspecified atom stereocenters. The maximum Gasteiger partial charge on any atom is 0.141 e. The number of nitrogens with zero attached hydrogens (tertiary/aromatic N) is 2. The number of hydrogen-bond donors (Lipinski definition) is 1. The first-order chi connectivity index (χ1) is 9.19. The molecule has 0 atom stereocenters. The van der Waals surface area contributed by atoms with Gasteiger partial charge in [0.1, 0.15) is 11.6 Å². The van der Waals surface area contributed by atoms with Crippen molar-refractivity contribution in [2.75, 3.05) is 0 Å². The molecule has 0 aliphatic carbocycles. The predicted molar refractivity (Wildman–Crippen MR) is 80.2 cm³/mol. The van der Waals surface area contributed by atoms with Crippen LogP contribution in [0.25, 0.3) is 22.4 Å². The Bertz CT molecular complexity index is 732. The molecule has 96 valence electrons. The highest BCUT2D eigenvalue weighted by atomic mass is 79.9. The van der Waals surface area contributed by atoms with E-state index in [-0.39, 0.29) is 5.75 Å². The number of aryl methyl sites for hydroxylation is 1. The van der Waals surface area contributed by atoms with E-state index in [9.17, 15) is 5.11 Å². The quantitative estimate of drug-likeness (QED) is 0.769. The molecule has 0 spiro atoms. The monoisotopic (exact) mass is 316 g/mol. The van der Waals surface area contributed by atoms with Crippen molar-refractivity contribution in [1.82, 2.24) is 9.55 Å². The molecule has 0 bridgehead atoms. The van der Waals surface area contributed by atoms with Gasteiger partial charge in [-0.15, -0.1) is 0 Å². The van der Waals surface area contributed by atoms with Crippen molar-refractivity contribution >= 4 is 27.0 Å². The van der Waals surface area contributed by atoms with E-state index in [0.717, 1.165) is 33.4 Å². The molecular formula is C15H13BrN2O. The summed E-state index contributed by atoms with van der Waals surface area (Å²) in [6.45, 7) is 2.96. The van der Waals surface area contributed by atoms with E-state index in [0.29, 0.717) is 0 Å². The van der Waals surface area contributed by atoms with Crippen LogP contribution in [0.4, 0.5) is 0 Å². The lowest BCUT2D eigenvalue weighted by molar-refractivity contribution is 0.475. The highest BCUT2D eigenvalue weighted by molar-refractivity contribution is 9.10. The number of benzene rings is 2. The summed E-state index contributed by atoms with van der Waals surface area (Å²) in [6.07, 6.45) is 0. The summed E-state index contributed by atoms with van der Waals surface area (Å²) < 4.78 is 3.20. The average Bonchev–Trinajstić information content (AvgIpc) is 2.77. The molecule has 2 aromatic carbocycles. The molecule has 1 N–H and O–H groups in total. The SMILES string of the molecule is CCn1c(-c2ccc(O)cc2)nc2cc(Br)ccc21. The molecule has 0 aliphatic heterocycles. The van der Waals surface area contributed by atoms with E-state index in [1.54, 1.807) is 12.1 Å². The van der Waals surface area contributed by atoms with Crippen LogP contribution in [0.2, 0.25) is 0 Å². The summed E-state index contributed by atoms with van der Waals surface area (Å²) in [6, 6.07) is 13.3. The van der Waals surface area contributed by atoms with Crippen LogP contribution in [0, 0.1) is 0 Å². The highest BCUT2D eigenvalue weighted by Gasteiger charge is 2.11. The van der Waals surface area contributed by atoms with E-state index in [4.69, 9.17) is 4.98 Å². The zero-order valence-electron chi connectivity index (χ0n) is 10.5. The van der Waals surface area contributed by atoms with Gasteiger partial charge in [0.2, 0.25) is 0 Å². The fourth-order valence-electron chi connectivity index (χ4n) is 2.25. The van der Waals surface area contributed by atoms with Gasteiger partial charge in [0, 0.05) is 16.6 Å². The Labute approximate surface area is 119 Å². The van der Waals surface area contributed by atoms with E-state index < -0.39 is 0 Å². The Morgan fingerprint density at radius 3 is 2.58 bits per heavy atom. The van der Waals surface area contributed by atoms with Crippen LogP contribution < -0.4 is 0 Å². The lowest BCUT2D eigenvalue weighted by atomic mass is 10.2. The second kappa shape index (κ2) is 4.70. The summed E-state index contributed by atoms with van der Waals surface area (Å²) in [5, 5.41) is 9.37. The third kappa shape index (κ3) is 2.12. The molecule has 0 aliphatic rings. The van der Waals surface area contributed by atoms with Gasteiger partial charge in [0.05, 0.1) is 11.0 Å². The van der Waals surface area contributed by atoms with Crippen molar-refractivity contribution < 1.29 is 5.11 Å². The summed E-state index contributed by atoms with van der Waals surface area (Å²) >= 11 is 3.47. The molecule has 3 aromatic rings. The number of imidazole rings is 1. The van der Waals surface area contributed by atoms with Crippen LogP contribution >= 0.6 is 15.9 Å². The normalized spacial score (nSPS) is 11.1. The fraction of sp³-hybridized carbons (Fsp3) is 0.133. The number of aromatic hydroxyl groups is 1. The van der Waals surface area contributed by atoms with Crippen LogP contribution in [-0.4, -0.2) is 14.7 Å². The van der Waals surface area contributed by atoms with Crippen molar-refractivity contribution in [3.63, 3.8) is 0 Å². The molecule has 1 heterocycles. The number of rotatable bonds is 2. The van der Waals surface area contributed by atoms with Crippen molar-refractivity contribution in [1.29, 1.82) is 0 Å². The first-order valence-electron chi connectivity index (χ1n) is 6.14. The zero-order valence-corrected chi connectivity index (χ0v) is 12.1. The minimum absolute atomic E-state index is 0.269. The van der Waals surface area contributed by atoms with Crippen molar-refractivity contribution in [3.8, 4) is 17.1 Å². The molecule has 4 heteroatoms. The zero-order chi connectivity index (χ0) is 13.4. The molecule has 1 aromatic heterocycles. The van der Waals surface area contributed by atoms with Crippen LogP contribution in [0.3, 0.4) is 0 Å². The predicted octanol–water partition coefficient (Wildman–Crippen LogP) is 4.19. The second-order valence-corrected chi connectivity index (χ2v) is 5.28. The van der Waals surface area contributed by atoms with Crippen molar-refractivity contribution in [3.05, 3.63) is 46.9 Å². The third-order valence-electron chi connectivity index (χ3n) is 3.15. The van der Waals surface area contributed by atoms with Crippen LogP contribution in [0.1, 0.15) is 6.92 Å². The van der Waals surface area contributed by atoms with Gasteiger partial charge in [-0.2, -0.15) is 0 Å². The maximum absolute atomic E-state index is 9.37. The first kappa shape index (κ1) is 12.2. The molecule has 0 amide bonds. The number of phenolic OH excluding ortho intramolecular Hbond substituents is 1. The minimum Gasteiger partial charge on any atom is -0.508 e. The number of halogens is 1. The molecule has 0 radical (unpaired) electrons. The van der Waals surface area contributed by atoms with Gasteiger partial charge in [-0.05, 0) is 49.4 Å². The summed E-state index contributed by atoms with van der Waals surface area (Å²) in [4.78, 5) is 4.70. The summed E-state index contributed by atoms with van der Waals surface area (Å²) in [5.74, 6) is 1.20. The third-order valence-corrected chi connectivity index (χ3v) is 3.65. The largest absolute Gasteiger partial charge is 0.508 e. The lowest BCUT2D eigenvalue weighted by Gasteiger charge is -2.06. The Kier molecular flexibility index (Phi) is 3.03. The Balaban J connectivity index is 2.25. The van der Waals surface area contributed by atoms with Gasteiger partial charge in [-0.1, -0.05) is 15.9 Å². The fourth-order valence-corrected chi connectivity index (χ4v) is 2.60. The van der Waals surface area contributed by atoms with E-state index >= 15 is 0 Å². The smallest absolute Gasteiger partial charge is 0.141 e. The summed E-state index contributed by atoms with van der Waals surface area (Å²) in [5.41, 5.74) is 3.10. The molecule has 0 fully saturated rings. The van der Waals surface area contributed by atoms with Crippen molar-refractivity contribution in [2.45, 2.75) is 13.5 Å². The Morgan fingerprint density at radius 2 is 1.89 bits per heavy atom. The van der Waals surface area contributed by atoms with Gasteiger partial charge in [0.25, 0.3) is 0 Å². The molecule has 19 heavy (non-hydrogen) atoms. The standard InChI is InChI=1S/C15H13BrN2O/c1-2-18-14-8-5-11(16)9-13(14)17-15(18)10-3-6-12(19)7-4-10/h3-9,19H,2H2,1H3. The van der Waals surface area contributed by atoms with E-state index in [1.807, 2.05) is 24.3 Å². The van der Waals surface area contributed by atoms with E-state index in [1.165, 1.54) is 0 Å². The number of phenols is 1. The van der Waals surface area contributed by atoms with Crippen LogP contribution in [-0.2, 0) is 6.54 Å². The molecule has 0 saturated carbocycles. The van der Waals surface area contributed by atoms with Gasteiger partial charge in [0.15, 0.2) is 0 Å². The molecule has 3 nitrogen and oxygen atoms in total. The van der Waals surface area contributed by atoms with Crippen LogP contribution in [0.15, 0.2) is 46.9 Å². The molecule has 3 rings (SSSR count). The van der Waals surface area contributed by atoms with Gasteiger partial charge in [-0.3, -0.25) is 0 Å². The minimum atomic E-state index is 0.269. The Morgan fingerprint density at radius 1 is 1.16 bits per heavy atom. The number of fused-ring (bicyclic) bond motifs is 1. The summed E-state index contributed by atoms with van der Waals surface area (Å²) in [7, 11) is 0. The lowest BCUT2D eigenvalue weighted by Crippen LogP contribution is -1.97.